The highest BCUT2D eigenvalue weighted by Crippen LogP contribution is 2.40. The van der Waals surface area contributed by atoms with E-state index in [-0.39, 0.29) is 58.9 Å². The number of sulfonamides is 1. The van der Waals surface area contributed by atoms with Crippen LogP contribution in [0.15, 0.2) is 59.7 Å². The number of halogens is 2. The summed E-state index contributed by atoms with van der Waals surface area (Å²) in [6.07, 6.45) is 3.09. The number of fused-ring (bicyclic) bond motifs is 1. The van der Waals surface area contributed by atoms with E-state index in [1.807, 2.05) is 0 Å². The van der Waals surface area contributed by atoms with E-state index in [0.29, 0.717) is 23.3 Å². The number of benzene rings is 2. The van der Waals surface area contributed by atoms with Crippen LogP contribution in [0.5, 0.6) is 5.75 Å². The van der Waals surface area contributed by atoms with Crippen LogP contribution in [0.4, 0.5) is 10.1 Å². The molecule has 2 aromatic carbocycles. The Labute approximate surface area is 227 Å². The van der Waals surface area contributed by atoms with Crippen LogP contribution in [-0.4, -0.2) is 45.2 Å². The summed E-state index contributed by atoms with van der Waals surface area (Å²) in [4.78, 5) is 11.4. The van der Waals surface area contributed by atoms with E-state index in [9.17, 15) is 17.6 Å². The summed E-state index contributed by atoms with van der Waals surface area (Å²) in [5.41, 5.74) is 1.69. The highest BCUT2D eigenvalue weighted by atomic mass is 35.5. The number of nitrogens with zero attached hydrogens (tertiary/aromatic N) is 1. The van der Waals surface area contributed by atoms with Crippen molar-refractivity contribution in [3.63, 3.8) is 0 Å². The Balaban J connectivity index is 2.08. The fraction of sp³-hybridized carbons (Fsp3) is 0.321. The molecule has 0 spiro atoms. The highest BCUT2D eigenvalue weighted by molar-refractivity contribution is 7.96. The predicted molar refractivity (Wildman–Crippen MR) is 148 cm³/mol. The molecule has 7 nitrogen and oxygen atoms in total. The lowest BCUT2D eigenvalue weighted by molar-refractivity contribution is -0.117. The van der Waals surface area contributed by atoms with Crippen LogP contribution >= 0.6 is 11.6 Å². The normalized spacial score (nSPS) is 16.1. The van der Waals surface area contributed by atoms with Gasteiger partial charge >= 0.3 is 0 Å². The second-order valence-electron chi connectivity index (χ2n) is 8.82. The molecule has 0 bridgehead atoms. The number of anilines is 1. The predicted octanol–water partition coefficient (Wildman–Crippen LogP) is 5.73. The van der Waals surface area contributed by atoms with Crippen molar-refractivity contribution >= 4 is 44.7 Å². The molecule has 1 atom stereocenters. The molecular weight excluding hydrogens is 533 g/mol. The molecule has 0 saturated heterocycles. The van der Waals surface area contributed by atoms with Crippen molar-refractivity contribution in [1.29, 1.82) is 0 Å². The number of hydrogen-bond donors (Lipinski definition) is 1. The van der Waals surface area contributed by atoms with E-state index in [4.69, 9.17) is 26.2 Å². The van der Waals surface area contributed by atoms with Gasteiger partial charge in [-0.3, -0.25) is 4.31 Å². The van der Waals surface area contributed by atoms with Crippen molar-refractivity contribution in [3.8, 4) is 5.75 Å². The van der Waals surface area contributed by atoms with Gasteiger partial charge in [-0.2, -0.15) is 0 Å². The van der Waals surface area contributed by atoms with Crippen LogP contribution in [0.25, 0.3) is 11.6 Å². The van der Waals surface area contributed by atoms with Gasteiger partial charge in [-0.15, -0.1) is 0 Å². The van der Waals surface area contributed by atoms with Crippen LogP contribution in [0.1, 0.15) is 44.7 Å². The van der Waals surface area contributed by atoms with Gasteiger partial charge < -0.3 is 19.4 Å². The molecular formula is C28H31ClFNO6S. The zero-order valence-corrected chi connectivity index (χ0v) is 23.1. The van der Waals surface area contributed by atoms with Crippen molar-refractivity contribution in [2.75, 3.05) is 24.1 Å². The molecule has 0 fully saturated rings. The minimum atomic E-state index is -4.18. The summed E-state index contributed by atoms with van der Waals surface area (Å²) in [7, 11) is -4.18. The third-order valence-corrected chi connectivity index (χ3v) is 8.21. The molecule has 1 aliphatic rings. The van der Waals surface area contributed by atoms with Crippen molar-refractivity contribution in [3.05, 3.63) is 81.7 Å². The van der Waals surface area contributed by atoms with E-state index in [1.54, 1.807) is 44.2 Å². The summed E-state index contributed by atoms with van der Waals surface area (Å²) in [5.74, 6) is -0.277. The largest absolute Gasteiger partial charge is 0.490 e. The second kappa shape index (κ2) is 12.6. The van der Waals surface area contributed by atoms with Gasteiger partial charge in [-0.25, -0.2) is 12.8 Å². The molecule has 10 heteroatoms. The second-order valence-corrected chi connectivity index (χ2v) is 11.1. The number of hydrogen-bond acceptors (Lipinski definition) is 6. The molecule has 1 N–H and O–H groups in total. The van der Waals surface area contributed by atoms with Gasteiger partial charge in [0.25, 0.3) is 10.0 Å². The first kappa shape index (κ1) is 29.4. The number of ether oxygens (including phenoxy) is 2. The number of rotatable bonds is 11. The third-order valence-electron chi connectivity index (χ3n) is 5.95. The summed E-state index contributed by atoms with van der Waals surface area (Å²) in [5, 5.41) is 9.34. The van der Waals surface area contributed by atoms with Gasteiger partial charge in [0.15, 0.2) is 0 Å². The Morgan fingerprint density at radius 3 is 2.68 bits per heavy atom. The number of carbonyl (C=O) groups excluding carboxylic acids is 1. The molecule has 0 radical (unpaired) electrons. The Morgan fingerprint density at radius 2 is 2.05 bits per heavy atom. The molecule has 1 unspecified atom stereocenters. The van der Waals surface area contributed by atoms with E-state index in [1.165, 1.54) is 29.4 Å². The lowest BCUT2D eigenvalue weighted by atomic mass is 10.0. The summed E-state index contributed by atoms with van der Waals surface area (Å²) in [6.45, 7) is 8.00. The Morgan fingerprint density at radius 1 is 1.32 bits per heavy atom. The maximum Gasteiger partial charge on any atom is 0.267 e. The minimum Gasteiger partial charge on any atom is -0.490 e. The smallest absolute Gasteiger partial charge is 0.267 e. The first-order chi connectivity index (χ1) is 18.0. The van der Waals surface area contributed by atoms with Gasteiger partial charge in [-0.05, 0) is 62.6 Å². The van der Waals surface area contributed by atoms with Gasteiger partial charge in [0, 0.05) is 12.0 Å². The monoisotopic (exact) mass is 563 g/mol. The molecule has 1 aliphatic heterocycles. The topological polar surface area (TPSA) is 93.1 Å². The number of carbonyl (C=O) groups is 1. The zero-order valence-electron chi connectivity index (χ0n) is 21.5. The summed E-state index contributed by atoms with van der Waals surface area (Å²) in [6, 6.07) is 9.45. The van der Waals surface area contributed by atoms with E-state index >= 15 is 0 Å². The molecule has 3 rings (SSSR count). The fourth-order valence-corrected chi connectivity index (χ4v) is 6.13. The van der Waals surface area contributed by atoms with Gasteiger partial charge in [0.2, 0.25) is 0 Å². The highest BCUT2D eigenvalue weighted by Gasteiger charge is 2.37. The molecule has 0 aliphatic carbocycles. The maximum absolute atomic E-state index is 14.5. The number of ketones is 1. The summed E-state index contributed by atoms with van der Waals surface area (Å²) < 4.78 is 54.8. The average molecular weight is 564 g/mol. The van der Waals surface area contributed by atoms with Gasteiger partial charge in [0.05, 0.1) is 23.9 Å². The molecule has 1 heterocycles. The number of aliphatic hydroxyl groups excluding tert-OH is 1. The molecule has 0 saturated carbocycles. The number of Topliss-reactive ketones (excluding diaryl/α,β-unsaturated/α-hetero) is 1. The molecule has 2 aromatic rings. The van der Waals surface area contributed by atoms with Crippen molar-refractivity contribution in [2.45, 2.75) is 39.7 Å². The molecule has 0 amide bonds. The molecule has 38 heavy (non-hydrogen) atoms. The zero-order chi connectivity index (χ0) is 28.0. The van der Waals surface area contributed by atoms with E-state index < -0.39 is 21.9 Å². The van der Waals surface area contributed by atoms with E-state index in [0.717, 1.165) is 0 Å². The fourth-order valence-electron chi connectivity index (χ4n) is 4.17. The Bertz CT molecular complexity index is 1370. The first-order valence-corrected chi connectivity index (χ1v) is 13.9. The van der Waals surface area contributed by atoms with Gasteiger partial charge in [-0.1, -0.05) is 42.5 Å². The van der Waals surface area contributed by atoms with Crippen LogP contribution < -0.4 is 9.04 Å². The quantitative estimate of drug-likeness (QED) is 0.213. The Hall–Kier alpha value is -3.14. The lowest BCUT2D eigenvalue weighted by Gasteiger charge is -2.36. The Kier molecular flexibility index (Phi) is 9.76. The third kappa shape index (κ3) is 6.64. The van der Waals surface area contributed by atoms with Crippen LogP contribution in [-0.2, 0) is 19.6 Å². The summed E-state index contributed by atoms with van der Waals surface area (Å²) >= 11 is 6.22. The molecule has 0 aromatic heterocycles. The minimum absolute atomic E-state index is 0.0310. The van der Waals surface area contributed by atoms with Crippen molar-refractivity contribution < 1.29 is 32.2 Å². The SMILES string of the molecule is C=C(OCCO)C(=CC)S(=O)(=O)N1CC(CCC(C)=O)Oc2ccc(C=C(C)c3c(F)cccc3Cl)cc21. The van der Waals surface area contributed by atoms with Crippen LogP contribution in [0, 0.1) is 5.82 Å². The standard InChI is InChI=1S/C28H31ClFNO6S/c1-5-27(20(4)36-14-13-32)38(34,35)31-17-22(11-9-19(3)33)37-26-12-10-21(16-25(26)31)15-18(2)28-23(29)7-6-8-24(28)30/h5-8,10,12,15-16,22,32H,4,9,11,13-14,17H2,1-3H3. The van der Waals surface area contributed by atoms with E-state index in [2.05, 4.69) is 6.58 Å². The van der Waals surface area contributed by atoms with Gasteiger partial charge in [0.1, 0.15) is 40.7 Å². The first-order valence-electron chi connectivity index (χ1n) is 12.0. The average Bonchev–Trinajstić information content (AvgIpc) is 2.85. The maximum atomic E-state index is 14.5. The van der Waals surface area contributed by atoms with Crippen molar-refractivity contribution in [2.24, 2.45) is 0 Å². The molecule has 204 valence electrons. The lowest BCUT2D eigenvalue weighted by Crippen LogP contribution is -2.44. The van der Waals surface area contributed by atoms with Crippen LogP contribution in [0.3, 0.4) is 0 Å². The number of aliphatic hydroxyl groups is 1. The van der Waals surface area contributed by atoms with Crippen LogP contribution in [0.2, 0.25) is 5.02 Å². The number of allylic oxidation sites excluding steroid dienone is 2. The van der Waals surface area contributed by atoms with Crippen molar-refractivity contribution in [1.82, 2.24) is 0 Å².